The van der Waals surface area contributed by atoms with Crippen LogP contribution in [0.1, 0.15) is 32.4 Å². The third-order valence-corrected chi connectivity index (χ3v) is 5.18. The molecule has 0 saturated heterocycles. The van der Waals surface area contributed by atoms with Crippen LogP contribution in [0.5, 0.6) is 11.5 Å². The van der Waals surface area contributed by atoms with Gasteiger partial charge in [0, 0.05) is 5.56 Å². The Labute approximate surface area is 152 Å². The normalized spacial score (nSPS) is 21.3. The maximum Gasteiger partial charge on any atom is 0.311 e. The molecule has 3 rings (SSSR count). The first-order valence-corrected chi connectivity index (χ1v) is 8.46. The summed E-state index contributed by atoms with van der Waals surface area (Å²) in [6, 6.07) is 14.4. The topological polar surface area (TPSA) is 59.3 Å². The van der Waals surface area contributed by atoms with Crippen molar-refractivity contribution < 1.29 is 18.7 Å². The molecule has 0 aliphatic heterocycles. The molecular weight excluding hydrogens is 333 g/mol. The fourth-order valence-corrected chi connectivity index (χ4v) is 3.14. The van der Waals surface area contributed by atoms with E-state index in [4.69, 9.17) is 9.47 Å². The molecule has 3 atom stereocenters. The molecule has 0 bridgehead atoms. The Kier molecular flexibility index (Phi) is 4.69. The van der Waals surface area contributed by atoms with E-state index in [0.717, 1.165) is 0 Å². The molecule has 0 N–H and O–H groups in total. The van der Waals surface area contributed by atoms with E-state index >= 15 is 0 Å². The van der Waals surface area contributed by atoms with Gasteiger partial charge in [-0.25, -0.2) is 4.39 Å². The second-order valence-corrected chi connectivity index (χ2v) is 7.16. The van der Waals surface area contributed by atoms with Crippen LogP contribution in [0.15, 0.2) is 48.5 Å². The third kappa shape index (κ3) is 3.55. The molecule has 4 nitrogen and oxygen atoms in total. The first-order chi connectivity index (χ1) is 12.3. The zero-order valence-electron chi connectivity index (χ0n) is 14.9. The van der Waals surface area contributed by atoms with Gasteiger partial charge in [0.15, 0.2) is 0 Å². The number of carbonyl (C=O) groups is 1. The predicted molar refractivity (Wildman–Crippen MR) is 93.8 cm³/mol. The van der Waals surface area contributed by atoms with Gasteiger partial charge in [-0.15, -0.1) is 0 Å². The highest BCUT2D eigenvalue weighted by molar-refractivity contribution is 5.78. The highest BCUT2D eigenvalue weighted by atomic mass is 19.1. The number of benzene rings is 2. The summed E-state index contributed by atoms with van der Waals surface area (Å²) in [6.45, 7) is 6.04. The van der Waals surface area contributed by atoms with Crippen molar-refractivity contribution in [1.82, 2.24) is 0 Å². The predicted octanol–water partition coefficient (Wildman–Crippen LogP) is 5.02. The minimum Gasteiger partial charge on any atom is -0.457 e. The lowest BCUT2D eigenvalue weighted by atomic mass is 10.1. The molecular formula is C21H20FNO3. The standard InChI is InChI=1S/C21H20FNO3/c1-13-19(21(13,2)3)20(24)26-18(12-23)14-5-4-6-17(11-14)25-16-9-7-15(22)8-10-16/h4-11,13,18-19H,1-3H3/t13-,18?,19-/m0/s1. The van der Waals surface area contributed by atoms with Crippen LogP contribution in [0.2, 0.25) is 0 Å². The van der Waals surface area contributed by atoms with Crippen molar-refractivity contribution in [3.63, 3.8) is 0 Å². The summed E-state index contributed by atoms with van der Waals surface area (Å²) in [7, 11) is 0. The lowest BCUT2D eigenvalue weighted by Gasteiger charge is -2.13. The van der Waals surface area contributed by atoms with Crippen LogP contribution in [0, 0.1) is 34.4 Å². The van der Waals surface area contributed by atoms with E-state index in [-0.39, 0.29) is 29.0 Å². The summed E-state index contributed by atoms with van der Waals surface area (Å²) in [5, 5.41) is 9.43. The average Bonchev–Trinajstić information content (AvgIpc) is 3.12. The number of halogens is 1. The number of nitrogens with zero attached hydrogens (tertiary/aromatic N) is 1. The Morgan fingerprint density at radius 2 is 1.85 bits per heavy atom. The lowest BCUT2D eigenvalue weighted by molar-refractivity contribution is -0.149. The van der Waals surface area contributed by atoms with Crippen LogP contribution in [0.3, 0.4) is 0 Å². The Bertz CT molecular complexity index is 854. The molecule has 2 aromatic carbocycles. The van der Waals surface area contributed by atoms with Crippen LogP contribution in [0.4, 0.5) is 4.39 Å². The van der Waals surface area contributed by atoms with E-state index in [1.54, 1.807) is 24.3 Å². The maximum atomic E-state index is 13.0. The Hall–Kier alpha value is -2.87. The van der Waals surface area contributed by atoms with E-state index in [1.165, 1.54) is 24.3 Å². The minimum atomic E-state index is -0.997. The molecule has 26 heavy (non-hydrogen) atoms. The van der Waals surface area contributed by atoms with Gasteiger partial charge in [-0.1, -0.05) is 32.9 Å². The molecule has 1 saturated carbocycles. The van der Waals surface area contributed by atoms with Gasteiger partial charge in [-0.05, 0) is 47.7 Å². The summed E-state index contributed by atoms with van der Waals surface area (Å²) in [6.07, 6.45) is -0.997. The third-order valence-electron chi connectivity index (χ3n) is 5.18. The van der Waals surface area contributed by atoms with E-state index in [2.05, 4.69) is 0 Å². The number of hydrogen-bond acceptors (Lipinski definition) is 4. The van der Waals surface area contributed by atoms with E-state index in [1.807, 2.05) is 26.8 Å². The Morgan fingerprint density at radius 3 is 2.42 bits per heavy atom. The van der Waals surface area contributed by atoms with Gasteiger partial charge in [-0.3, -0.25) is 4.79 Å². The smallest absolute Gasteiger partial charge is 0.311 e. The minimum absolute atomic E-state index is 0.0926. The molecule has 0 amide bonds. The number of ether oxygens (including phenoxy) is 2. The van der Waals surface area contributed by atoms with E-state index < -0.39 is 6.10 Å². The van der Waals surface area contributed by atoms with Crippen molar-refractivity contribution in [2.45, 2.75) is 26.9 Å². The highest BCUT2D eigenvalue weighted by Crippen LogP contribution is 2.58. The molecule has 1 fully saturated rings. The Balaban J connectivity index is 1.72. The number of esters is 1. The average molecular weight is 353 g/mol. The zero-order valence-corrected chi connectivity index (χ0v) is 14.9. The molecule has 0 radical (unpaired) electrons. The molecule has 1 aliphatic rings. The molecule has 1 unspecified atom stereocenters. The molecule has 134 valence electrons. The zero-order chi connectivity index (χ0) is 18.9. The second kappa shape index (κ2) is 6.80. The van der Waals surface area contributed by atoms with E-state index in [9.17, 15) is 14.4 Å². The summed E-state index contributed by atoms with van der Waals surface area (Å²) in [5.41, 5.74) is 0.441. The maximum absolute atomic E-state index is 13.0. The van der Waals surface area contributed by atoms with Gasteiger partial charge in [0.2, 0.25) is 6.10 Å². The van der Waals surface area contributed by atoms with Crippen LogP contribution < -0.4 is 4.74 Å². The first kappa shape index (κ1) is 17.9. The van der Waals surface area contributed by atoms with Gasteiger partial charge in [0.1, 0.15) is 23.4 Å². The fraction of sp³-hybridized carbons (Fsp3) is 0.333. The molecule has 0 heterocycles. The summed E-state index contributed by atoms with van der Waals surface area (Å²) in [4.78, 5) is 12.3. The fourth-order valence-electron chi connectivity index (χ4n) is 3.14. The van der Waals surface area contributed by atoms with Crippen LogP contribution in [-0.2, 0) is 9.53 Å². The van der Waals surface area contributed by atoms with Gasteiger partial charge in [-0.2, -0.15) is 5.26 Å². The highest BCUT2D eigenvalue weighted by Gasteiger charge is 2.60. The monoisotopic (exact) mass is 353 g/mol. The second-order valence-electron chi connectivity index (χ2n) is 7.16. The quantitative estimate of drug-likeness (QED) is 0.708. The first-order valence-electron chi connectivity index (χ1n) is 8.46. The van der Waals surface area contributed by atoms with Crippen LogP contribution in [-0.4, -0.2) is 5.97 Å². The van der Waals surface area contributed by atoms with Crippen molar-refractivity contribution in [1.29, 1.82) is 5.26 Å². The van der Waals surface area contributed by atoms with Crippen LogP contribution >= 0.6 is 0 Å². The van der Waals surface area contributed by atoms with Crippen molar-refractivity contribution >= 4 is 5.97 Å². The number of nitriles is 1. The number of rotatable bonds is 5. The van der Waals surface area contributed by atoms with Gasteiger partial charge in [0.05, 0.1) is 5.92 Å². The summed E-state index contributed by atoms with van der Waals surface area (Å²) in [5.74, 6) is 0.311. The molecule has 5 heteroatoms. The summed E-state index contributed by atoms with van der Waals surface area (Å²) < 4.78 is 24.1. The molecule has 1 aliphatic carbocycles. The molecule has 0 aromatic heterocycles. The molecule has 2 aromatic rings. The van der Waals surface area contributed by atoms with Gasteiger partial charge in [0.25, 0.3) is 0 Å². The number of carbonyl (C=O) groups excluding carboxylic acids is 1. The SMILES string of the molecule is C[C@H]1[C@@H](C(=O)OC(C#N)c2cccc(Oc3ccc(F)cc3)c2)C1(C)C. The largest absolute Gasteiger partial charge is 0.457 e. The van der Waals surface area contributed by atoms with Crippen LogP contribution in [0.25, 0.3) is 0 Å². The van der Waals surface area contributed by atoms with Crippen molar-refractivity contribution in [2.24, 2.45) is 17.3 Å². The van der Waals surface area contributed by atoms with E-state index in [0.29, 0.717) is 17.1 Å². The lowest BCUT2D eigenvalue weighted by Crippen LogP contribution is -2.14. The summed E-state index contributed by atoms with van der Waals surface area (Å²) >= 11 is 0. The van der Waals surface area contributed by atoms with Gasteiger partial charge < -0.3 is 9.47 Å². The molecule has 0 spiro atoms. The van der Waals surface area contributed by atoms with Gasteiger partial charge >= 0.3 is 5.97 Å². The van der Waals surface area contributed by atoms with Crippen molar-refractivity contribution in [3.8, 4) is 17.6 Å². The Morgan fingerprint density at radius 1 is 1.19 bits per heavy atom. The van der Waals surface area contributed by atoms with Crippen molar-refractivity contribution in [2.75, 3.05) is 0 Å². The van der Waals surface area contributed by atoms with Crippen molar-refractivity contribution in [3.05, 3.63) is 59.9 Å². The number of hydrogen-bond donors (Lipinski definition) is 0.